The van der Waals surface area contributed by atoms with Gasteiger partial charge in [-0.15, -0.1) is 0 Å². The van der Waals surface area contributed by atoms with Crippen molar-refractivity contribution in [3.63, 3.8) is 0 Å². The van der Waals surface area contributed by atoms with Gasteiger partial charge in [-0.25, -0.2) is 0 Å². The molecule has 0 aliphatic rings. The molecule has 2 rings (SSSR count). The minimum Gasteiger partial charge on any atom is -0.493 e. The first-order chi connectivity index (χ1) is 9.40. The molecule has 0 unspecified atom stereocenters. The molecule has 106 valence electrons. The van der Waals surface area contributed by atoms with E-state index < -0.39 is 17.3 Å². The second-order valence-corrected chi connectivity index (χ2v) is 5.15. The lowest BCUT2D eigenvalue weighted by Gasteiger charge is -2.09. The Labute approximate surface area is 116 Å². The smallest absolute Gasteiger partial charge is 0.274 e. The van der Waals surface area contributed by atoms with Crippen LogP contribution in [0.5, 0.6) is 5.88 Å². The van der Waals surface area contributed by atoms with E-state index in [0.717, 1.165) is 5.56 Å². The Morgan fingerprint density at radius 3 is 2.80 bits per heavy atom. The first kappa shape index (κ1) is 14.0. The van der Waals surface area contributed by atoms with Crippen LogP contribution < -0.4 is 10.9 Å². The summed E-state index contributed by atoms with van der Waals surface area (Å²) in [5.41, 5.74) is 0.269. The number of pyridine rings is 1. The Morgan fingerprint density at radius 2 is 2.15 bits per heavy atom. The van der Waals surface area contributed by atoms with Crippen LogP contribution >= 0.6 is 0 Å². The van der Waals surface area contributed by atoms with Crippen LogP contribution in [-0.4, -0.2) is 26.9 Å². The number of nitrogens with one attached hydrogen (secondary N) is 1. The number of aromatic hydroxyl groups is 1. The van der Waals surface area contributed by atoms with E-state index >= 15 is 0 Å². The minimum atomic E-state index is -0.607. The molecule has 0 atom stereocenters. The predicted octanol–water partition coefficient (Wildman–Crippen LogP) is 1.09. The van der Waals surface area contributed by atoms with E-state index in [2.05, 4.69) is 10.3 Å². The number of amides is 1. The molecule has 0 saturated heterocycles. The van der Waals surface area contributed by atoms with E-state index in [4.69, 9.17) is 0 Å². The molecule has 0 spiro atoms. The molecule has 0 saturated carbocycles. The van der Waals surface area contributed by atoms with Gasteiger partial charge >= 0.3 is 0 Å². The van der Waals surface area contributed by atoms with Gasteiger partial charge in [0, 0.05) is 12.7 Å². The van der Waals surface area contributed by atoms with Gasteiger partial charge in [0.15, 0.2) is 5.56 Å². The van der Waals surface area contributed by atoms with Gasteiger partial charge in [0.2, 0.25) is 5.88 Å². The van der Waals surface area contributed by atoms with E-state index in [9.17, 15) is 14.7 Å². The van der Waals surface area contributed by atoms with Crippen molar-refractivity contribution < 1.29 is 9.90 Å². The molecule has 2 aromatic heterocycles. The van der Waals surface area contributed by atoms with Crippen LogP contribution in [0.2, 0.25) is 0 Å². The molecule has 6 nitrogen and oxygen atoms in total. The van der Waals surface area contributed by atoms with Crippen molar-refractivity contribution in [2.24, 2.45) is 5.92 Å². The minimum absolute atomic E-state index is 0.250. The van der Waals surface area contributed by atoms with Crippen LogP contribution in [0.25, 0.3) is 5.65 Å². The summed E-state index contributed by atoms with van der Waals surface area (Å²) in [6.45, 7) is 6.13. The zero-order chi connectivity index (χ0) is 14.9. The second kappa shape index (κ2) is 5.32. The molecule has 1 amide bonds. The van der Waals surface area contributed by atoms with Crippen molar-refractivity contribution in [3.8, 4) is 5.88 Å². The Balaban J connectivity index is 2.53. The largest absolute Gasteiger partial charge is 0.493 e. The van der Waals surface area contributed by atoms with Crippen LogP contribution in [0, 0.1) is 12.8 Å². The number of aryl methyl sites for hydroxylation is 1. The molecule has 2 heterocycles. The Bertz CT molecular complexity index is 719. The van der Waals surface area contributed by atoms with E-state index in [1.54, 1.807) is 18.3 Å². The molecule has 0 radical (unpaired) electrons. The summed E-state index contributed by atoms with van der Waals surface area (Å²) in [7, 11) is 0. The van der Waals surface area contributed by atoms with E-state index in [-0.39, 0.29) is 11.5 Å². The highest BCUT2D eigenvalue weighted by Crippen LogP contribution is 2.12. The van der Waals surface area contributed by atoms with Crippen LogP contribution in [0.4, 0.5) is 0 Å². The summed E-state index contributed by atoms with van der Waals surface area (Å²) in [6, 6.07) is 3.39. The number of rotatable bonds is 3. The predicted molar refractivity (Wildman–Crippen MR) is 75.0 cm³/mol. The van der Waals surface area contributed by atoms with Crippen molar-refractivity contribution in [2.45, 2.75) is 20.8 Å². The monoisotopic (exact) mass is 275 g/mol. The summed E-state index contributed by atoms with van der Waals surface area (Å²) in [5, 5.41) is 12.4. The Kier molecular flexibility index (Phi) is 3.74. The van der Waals surface area contributed by atoms with Gasteiger partial charge in [0.05, 0.1) is 0 Å². The van der Waals surface area contributed by atoms with Gasteiger partial charge in [-0.3, -0.25) is 14.0 Å². The topological polar surface area (TPSA) is 83.7 Å². The number of aromatic nitrogens is 2. The number of fused-ring (bicyclic) bond motifs is 1. The van der Waals surface area contributed by atoms with Crippen molar-refractivity contribution >= 4 is 11.6 Å². The lowest BCUT2D eigenvalue weighted by molar-refractivity contribution is 0.0944. The average molecular weight is 275 g/mol. The summed E-state index contributed by atoms with van der Waals surface area (Å²) in [4.78, 5) is 28.2. The third-order valence-electron chi connectivity index (χ3n) is 2.85. The van der Waals surface area contributed by atoms with Crippen molar-refractivity contribution in [1.82, 2.24) is 14.7 Å². The highest BCUT2D eigenvalue weighted by atomic mass is 16.3. The summed E-state index contributed by atoms with van der Waals surface area (Å²) in [6.07, 6.45) is 1.59. The molecule has 0 bridgehead atoms. The van der Waals surface area contributed by atoms with Crippen LogP contribution in [0.1, 0.15) is 29.8 Å². The fourth-order valence-corrected chi connectivity index (χ4v) is 1.82. The van der Waals surface area contributed by atoms with Gasteiger partial charge in [0.25, 0.3) is 11.5 Å². The van der Waals surface area contributed by atoms with Crippen LogP contribution in [0.3, 0.4) is 0 Å². The fraction of sp³-hybridized carbons (Fsp3) is 0.357. The summed E-state index contributed by atoms with van der Waals surface area (Å²) < 4.78 is 1.26. The van der Waals surface area contributed by atoms with Gasteiger partial charge in [-0.2, -0.15) is 4.98 Å². The Morgan fingerprint density at radius 1 is 1.45 bits per heavy atom. The zero-order valence-corrected chi connectivity index (χ0v) is 11.7. The number of carbonyl (C=O) groups is 1. The average Bonchev–Trinajstić information content (AvgIpc) is 2.37. The maximum absolute atomic E-state index is 12.3. The molecule has 2 N–H and O–H groups in total. The molecule has 0 aliphatic heterocycles. The standard InChI is InChI=1S/C14H17N3O3/c1-8(2)6-15-12(18)11-13(19)16-10-5-4-9(3)7-17(10)14(11)20/h4-5,7-8,19H,6H2,1-3H3,(H,15,18). The number of nitrogens with zero attached hydrogens (tertiary/aromatic N) is 2. The number of hydrogen-bond donors (Lipinski definition) is 2. The first-order valence-corrected chi connectivity index (χ1v) is 6.40. The fourth-order valence-electron chi connectivity index (χ4n) is 1.82. The van der Waals surface area contributed by atoms with Crippen molar-refractivity contribution in [1.29, 1.82) is 0 Å². The molecule has 2 aromatic rings. The number of carbonyl (C=O) groups excluding carboxylic acids is 1. The summed E-state index contributed by atoms with van der Waals surface area (Å²) in [5.74, 6) is -0.899. The SMILES string of the molecule is Cc1ccc2nc(O)c(C(=O)NCC(C)C)c(=O)n2c1. The molecular weight excluding hydrogens is 258 g/mol. The highest BCUT2D eigenvalue weighted by Gasteiger charge is 2.19. The summed E-state index contributed by atoms with van der Waals surface area (Å²) >= 11 is 0. The molecule has 20 heavy (non-hydrogen) atoms. The maximum atomic E-state index is 12.3. The van der Waals surface area contributed by atoms with Gasteiger partial charge in [-0.05, 0) is 24.5 Å². The van der Waals surface area contributed by atoms with Crippen molar-refractivity contribution in [2.75, 3.05) is 6.54 Å². The number of hydrogen-bond acceptors (Lipinski definition) is 4. The zero-order valence-electron chi connectivity index (χ0n) is 11.7. The third-order valence-corrected chi connectivity index (χ3v) is 2.85. The molecule has 0 aliphatic carbocycles. The molecule has 6 heteroatoms. The third kappa shape index (κ3) is 2.64. The lowest BCUT2D eigenvalue weighted by atomic mass is 10.2. The van der Waals surface area contributed by atoms with Crippen molar-refractivity contribution in [3.05, 3.63) is 39.8 Å². The van der Waals surface area contributed by atoms with Gasteiger partial charge in [-0.1, -0.05) is 19.9 Å². The van der Waals surface area contributed by atoms with Gasteiger partial charge < -0.3 is 10.4 Å². The van der Waals surface area contributed by atoms with E-state index in [1.807, 2.05) is 20.8 Å². The maximum Gasteiger partial charge on any atom is 0.274 e. The normalized spacial score (nSPS) is 11.0. The van der Waals surface area contributed by atoms with E-state index in [1.165, 1.54) is 4.40 Å². The Hall–Kier alpha value is -2.37. The molecular formula is C14H17N3O3. The second-order valence-electron chi connectivity index (χ2n) is 5.15. The molecule has 0 aromatic carbocycles. The van der Waals surface area contributed by atoms with Crippen LogP contribution in [0.15, 0.2) is 23.1 Å². The first-order valence-electron chi connectivity index (χ1n) is 6.40. The lowest BCUT2D eigenvalue weighted by Crippen LogP contribution is -2.33. The van der Waals surface area contributed by atoms with E-state index in [0.29, 0.717) is 12.2 Å². The highest BCUT2D eigenvalue weighted by molar-refractivity contribution is 5.96. The quantitative estimate of drug-likeness (QED) is 0.878. The molecule has 0 fully saturated rings. The van der Waals surface area contributed by atoms with Gasteiger partial charge in [0.1, 0.15) is 5.65 Å². The van der Waals surface area contributed by atoms with Crippen LogP contribution in [-0.2, 0) is 0 Å².